The van der Waals surface area contributed by atoms with Crippen molar-refractivity contribution in [1.82, 2.24) is 10.3 Å². The van der Waals surface area contributed by atoms with E-state index in [2.05, 4.69) is 10.3 Å². The van der Waals surface area contributed by atoms with Gasteiger partial charge in [0, 0.05) is 23.2 Å². The molecule has 0 aliphatic carbocycles. The van der Waals surface area contributed by atoms with E-state index < -0.39 is 6.10 Å². The lowest BCUT2D eigenvalue weighted by atomic mass is 9.93. The molecule has 1 aromatic carbocycles. The Bertz CT molecular complexity index is 530. The van der Waals surface area contributed by atoms with Crippen molar-refractivity contribution in [2.45, 2.75) is 31.4 Å². The zero-order valence-corrected chi connectivity index (χ0v) is 10.3. The van der Waals surface area contributed by atoms with E-state index in [1.165, 1.54) is 12.8 Å². The van der Waals surface area contributed by atoms with E-state index in [1.54, 1.807) is 6.20 Å². The number of hydrogen-bond acceptors (Lipinski definition) is 3. The van der Waals surface area contributed by atoms with Gasteiger partial charge in [-0.25, -0.2) is 0 Å². The minimum absolute atomic E-state index is 0.159. The minimum Gasteiger partial charge on any atom is -0.387 e. The summed E-state index contributed by atoms with van der Waals surface area (Å²) in [5.74, 6) is 0. The highest BCUT2D eigenvalue weighted by Crippen LogP contribution is 2.27. The van der Waals surface area contributed by atoms with Gasteiger partial charge in [0.1, 0.15) is 0 Å². The summed E-state index contributed by atoms with van der Waals surface area (Å²) in [5, 5.41) is 15.0. The van der Waals surface area contributed by atoms with Crippen LogP contribution in [-0.4, -0.2) is 22.7 Å². The van der Waals surface area contributed by atoms with Crippen LogP contribution in [0, 0.1) is 0 Å². The highest BCUT2D eigenvalue weighted by Gasteiger charge is 2.24. The quantitative estimate of drug-likeness (QED) is 0.850. The number of aliphatic hydroxyl groups is 1. The molecule has 0 bridgehead atoms. The molecular weight excluding hydrogens is 224 g/mol. The van der Waals surface area contributed by atoms with Crippen LogP contribution < -0.4 is 5.32 Å². The maximum Gasteiger partial charge on any atom is 0.0963 e. The fourth-order valence-corrected chi connectivity index (χ4v) is 2.73. The Morgan fingerprint density at radius 2 is 2.11 bits per heavy atom. The van der Waals surface area contributed by atoms with E-state index in [1.807, 2.05) is 30.3 Å². The van der Waals surface area contributed by atoms with Crippen molar-refractivity contribution >= 4 is 10.9 Å². The van der Waals surface area contributed by atoms with Crippen molar-refractivity contribution in [1.29, 1.82) is 0 Å². The van der Waals surface area contributed by atoms with Crippen LogP contribution in [0.3, 0.4) is 0 Å². The van der Waals surface area contributed by atoms with Crippen molar-refractivity contribution in [2.24, 2.45) is 0 Å². The van der Waals surface area contributed by atoms with Crippen LogP contribution in [0.15, 0.2) is 36.5 Å². The van der Waals surface area contributed by atoms with Gasteiger partial charge in [-0.3, -0.25) is 4.98 Å². The average molecular weight is 242 g/mol. The molecule has 1 saturated heterocycles. The fourth-order valence-electron chi connectivity index (χ4n) is 2.73. The zero-order chi connectivity index (χ0) is 12.4. The number of nitrogens with zero attached hydrogens (tertiary/aromatic N) is 1. The van der Waals surface area contributed by atoms with Gasteiger partial charge in [0.15, 0.2) is 0 Å². The molecule has 18 heavy (non-hydrogen) atoms. The lowest BCUT2D eigenvalue weighted by Crippen LogP contribution is -2.38. The maximum atomic E-state index is 10.5. The first kappa shape index (κ1) is 11.6. The van der Waals surface area contributed by atoms with Gasteiger partial charge in [-0.1, -0.05) is 30.7 Å². The number of rotatable bonds is 2. The van der Waals surface area contributed by atoms with Gasteiger partial charge >= 0.3 is 0 Å². The van der Waals surface area contributed by atoms with Crippen molar-refractivity contribution in [2.75, 3.05) is 6.54 Å². The molecule has 1 aromatic heterocycles. The molecule has 2 N–H and O–H groups in total. The predicted molar refractivity (Wildman–Crippen MR) is 72.3 cm³/mol. The number of piperidine rings is 1. The first-order chi connectivity index (χ1) is 8.86. The normalized spacial score (nSPS) is 21.9. The molecule has 2 heterocycles. The molecule has 0 spiro atoms. The third-order valence-corrected chi connectivity index (χ3v) is 3.71. The number of hydrogen-bond donors (Lipinski definition) is 2. The zero-order valence-electron chi connectivity index (χ0n) is 10.3. The molecule has 0 saturated carbocycles. The number of fused-ring (bicyclic) bond motifs is 1. The van der Waals surface area contributed by atoms with Gasteiger partial charge in [0.05, 0.1) is 11.6 Å². The van der Waals surface area contributed by atoms with Crippen LogP contribution in [0.25, 0.3) is 10.9 Å². The van der Waals surface area contributed by atoms with E-state index in [0.717, 1.165) is 29.4 Å². The van der Waals surface area contributed by atoms with Gasteiger partial charge in [0.2, 0.25) is 0 Å². The lowest BCUT2D eigenvalue weighted by Gasteiger charge is -2.28. The molecule has 3 rings (SSSR count). The smallest absolute Gasteiger partial charge is 0.0963 e. The average Bonchev–Trinajstić information content (AvgIpc) is 2.47. The highest BCUT2D eigenvalue weighted by atomic mass is 16.3. The van der Waals surface area contributed by atoms with Crippen LogP contribution >= 0.6 is 0 Å². The molecule has 94 valence electrons. The highest BCUT2D eigenvalue weighted by molar-refractivity contribution is 5.81. The third-order valence-electron chi connectivity index (χ3n) is 3.71. The second-order valence-electron chi connectivity index (χ2n) is 4.92. The standard InChI is InChI=1S/C15H18N2O/c18-15(13-8-1-2-9-16-13)12-7-3-5-11-6-4-10-17-14(11)12/h3-7,10,13,15-16,18H,1-2,8-9H2. The number of pyridine rings is 1. The summed E-state index contributed by atoms with van der Waals surface area (Å²) in [6.45, 7) is 1.000. The van der Waals surface area contributed by atoms with Gasteiger partial charge in [-0.05, 0) is 25.5 Å². The van der Waals surface area contributed by atoms with Gasteiger partial charge in [0.25, 0.3) is 0 Å². The fraction of sp³-hybridized carbons (Fsp3) is 0.400. The van der Waals surface area contributed by atoms with Crippen LogP contribution in [0.1, 0.15) is 30.9 Å². The van der Waals surface area contributed by atoms with Crippen LogP contribution in [0.2, 0.25) is 0 Å². The predicted octanol–water partition coefficient (Wildman–Crippen LogP) is 2.41. The summed E-state index contributed by atoms with van der Waals surface area (Å²) in [6, 6.07) is 10.1. The monoisotopic (exact) mass is 242 g/mol. The molecular formula is C15H18N2O. The maximum absolute atomic E-state index is 10.5. The summed E-state index contributed by atoms with van der Waals surface area (Å²) in [5.41, 5.74) is 1.85. The molecule has 2 unspecified atom stereocenters. The minimum atomic E-state index is -0.469. The first-order valence-corrected chi connectivity index (χ1v) is 6.61. The topological polar surface area (TPSA) is 45.2 Å². The largest absolute Gasteiger partial charge is 0.387 e. The van der Waals surface area contributed by atoms with Crippen LogP contribution in [0.5, 0.6) is 0 Å². The van der Waals surface area contributed by atoms with E-state index >= 15 is 0 Å². The first-order valence-electron chi connectivity index (χ1n) is 6.61. The molecule has 0 amide bonds. The number of aliphatic hydroxyl groups excluding tert-OH is 1. The number of benzene rings is 1. The second kappa shape index (κ2) is 5.04. The molecule has 2 atom stereocenters. The second-order valence-corrected chi connectivity index (χ2v) is 4.92. The van der Waals surface area contributed by atoms with Crippen LogP contribution in [0.4, 0.5) is 0 Å². The van der Waals surface area contributed by atoms with E-state index in [9.17, 15) is 5.11 Å². The van der Waals surface area contributed by atoms with Gasteiger partial charge in [-0.2, -0.15) is 0 Å². The number of aromatic nitrogens is 1. The number of para-hydroxylation sites is 1. The molecule has 3 nitrogen and oxygen atoms in total. The summed E-state index contributed by atoms with van der Waals surface area (Å²) >= 11 is 0. The summed E-state index contributed by atoms with van der Waals surface area (Å²) in [7, 11) is 0. The molecule has 1 aliphatic heterocycles. The van der Waals surface area contributed by atoms with Crippen molar-refractivity contribution in [3.63, 3.8) is 0 Å². The van der Waals surface area contributed by atoms with E-state index in [0.29, 0.717) is 0 Å². The molecule has 3 heteroatoms. The Balaban J connectivity index is 1.97. The van der Waals surface area contributed by atoms with E-state index in [-0.39, 0.29) is 6.04 Å². The van der Waals surface area contributed by atoms with Crippen molar-refractivity contribution < 1.29 is 5.11 Å². The van der Waals surface area contributed by atoms with Crippen molar-refractivity contribution in [3.8, 4) is 0 Å². The Kier molecular flexibility index (Phi) is 3.26. The molecule has 1 aliphatic rings. The Morgan fingerprint density at radius 3 is 2.94 bits per heavy atom. The molecule has 1 fully saturated rings. The van der Waals surface area contributed by atoms with Crippen LogP contribution in [-0.2, 0) is 0 Å². The number of nitrogens with one attached hydrogen (secondary N) is 1. The van der Waals surface area contributed by atoms with Crippen molar-refractivity contribution in [3.05, 3.63) is 42.1 Å². The molecule has 2 aromatic rings. The Labute approximate surface area is 107 Å². The SMILES string of the molecule is OC(c1cccc2cccnc12)C1CCCCN1. The Hall–Kier alpha value is -1.45. The lowest BCUT2D eigenvalue weighted by molar-refractivity contribution is 0.115. The van der Waals surface area contributed by atoms with Gasteiger partial charge < -0.3 is 10.4 Å². The summed E-state index contributed by atoms with van der Waals surface area (Å²) in [4.78, 5) is 4.41. The summed E-state index contributed by atoms with van der Waals surface area (Å²) in [6.07, 6.45) is 4.74. The summed E-state index contributed by atoms with van der Waals surface area (Å²) < 4.78 is 0. The molecule has 0 radical (unpaired) electrons. The van der Waals surface area contributed by atoms with Gasteiger partial charge in [-0.15, -0.1) is 0 Å². The Morgan fingerprint density at radius 1 is 1.22 bits per heavy atom. The van der Waals surface area contributed by atoms with E-state index in [4.69, 9.17) is 0 Å². The third kappa shape index (κ3) is 2.11.